The van der Waals surface area contributed by atoms with E-state index in [2.05, 4.69) is 45.3 Å². The highest BCUT2D eigenvalue weighted by Crippen LogP contribution is 2.36. The summed E-state index contributed by atoms with van der Waals surface area (Å²) >= 11 is 1.41. The van der Waals surface area contributed by atoms with Gasteiger partial charge in [0.05, 0.1) is 13.3 Å². The summed E-state index contributed by atoms with van der Waals surface area (Å²) in [6.45, 7) is 7.70. The van der Waals surface area contributed by atoms with Gasteiger partial charge in [-0.2, -0.15) is 19.6 Å². The van der Waals surface area contributed by atoms with Gasteiger partial charge < -0.3 is 20.3 Å². The van der Waals surface area contributed by atoms with Crippen LogP contribution in [0.5, 0.6) is 5.75 Å². The number of hydrogen-bond donors (Lipinski definition) is 2. The minimum absolute atomic E-state index is 0.270. The molecule has 5 rings (SSSR count). The molecule has 2 N–H and O–H groups in total. The molecule has 11 heteroatoms. The van der Waals surface area contributed by atoms with Gasteiger partial charge in [0.1, 0.15) is 0 Å². The number of aromatic nitrogens is 5. The van der Waals surface area contributed by atoms with Crippen LogP contribution in [0.3, 0.4) is 0 Å². The molecular formula is C27H30N8O2S. The number of pyridine rings is 1. The van der Waals surface area contributed by atoms with Crippen molar-refractivity contribution >= 4 is 40.8 Å². The van der Waals surface area contributed by atoms with Crippen LogP contribution in [0.1, 0.15) is 30.0 Å². The Bertz CT molecular complexity index is 1480. The first-order valence-corrected chi connectivity index (χ1v) is 13.2. The predicted octanol–water partition coefficient (Wildman–Crippen LogP) is 4.66. The van der Waals surface area contributed by atoms with E-state index < -0.39 is 0 Å². The zero-order chi connectivity index (χ0) is 26.6. The Morgan fingerprint density at radius 2 is 2.00 bits per heavy atom. The molecule has 0 unspecified atom stereocenters. The number of rotatable bonds is 8. The van der Waals surface area contributed by atoms with Crippen molar-refractivity contribution in [2.75, 3.05) is 37.9 Å². The number of amides is 1. The normalized spacial score (nSPS) is 14.4. The average molecular weight is 531 g/mol. The summed E-state index contributed by atoms with van der Waals surface area (Å²) in [5, 5.41) is 11.0. The summed E-state index contributed by atoms with van der Waals surface area (Å²) in [5.74, 6) is 1.80. The number of piperidine rings is 1. The van der Waals surface area contributed by atoms with Gasteiger partial charge in [-0.15, -0.1) is 0 Å². The lowest BCUT2D eigenvalue weighted by Gasteiger charge is -2.30. The first kappa shape index (κ1) is 25.7. The van der Waals surface area contributed by atoms with Gasteiger partial charge in [-0.3, -0.25) is 4.79 Å². The van der Waals surface area contributed by atoms with Crippen LogP contribution in [-0.4, -0.2) is 62.6 Å². The smallest absolute Gasteiger partial charge is 0.247 e. The maximum absolute atomic E-state index is 11.7. The van der Waals surface area contributed by atoms with Crippen LogP contribution in [0, 0.1) is 6.92 Å². The number of fused-ring (bicyclic) bond motifs is 1. The number of likely N-dealkylation sites (tertiary alicyclic amines) is 1. The van der Waals surface area contributed by atoms with Crippen LogP contribution in [0.2, 0.25) is 0 Å². The van der Waals surface area contributed by atoms with Gasteiger partial charge in [0, 0.05) is 22.3 Å². The number of methoxy groups -OCH3 is 1. The molecule has 0 radical (unpaired) electrons. The van der Waals surface area contributed by atoms with Crippen molar-refractivity contribution in [3.63, 3.8) is 0 Å². The molecule has 10 nitrogen and oxygen atoms in total. The van der Waals surface area contributed by atoms with E-state index in [-0.39, 0.29) is 5.91 Å². The Labute approximate surface area is 225 Å². The highest BCUT2D eigenvalue weighted by Gasteiger charge is 2.23. The second-order valence-electron chi connectivity index (χ2n) is 9.17. The minimum Gasteiger partial charge on any atom is -0.493 e. The summed E-state index contributed by atoms with van der Waals surface area (Å²) < 4.78 is 7.39. The molecule has 1 saturated heterocycles. The third kappa shape index (κ3) is 5.63. The van der Waals surface area contributed by atoms with Gasteiger partial charge in [0.15, 0.2) is 22.4 Å². The summed E-state index contributed by atoms with van der Waals surface area (Å²) in [6, 6.07) is 11.4. The van der Waals surface area contributed by atoms with E-state index in [4.69, 9.17) is 14.7 Å². The van der Waals surface area contributed by atoms with Crippen LogP contribution in [0.25, 0.3) is 5.65 Å². The number of benzene rings is 1. The second kappa shape index (κ2) is 11.2. The van der Waals surface area contributed by atoms with Gasteiger partial charge in [-0.25, -0.2) is 4.98 Å². The fraction of sp³-hybridized carbons (Fsp3) is 0.296. The molecule has 0 atom stereocenters. The quantitative estimate of drug-likeness (QED) is 0.314. The molecule has 0 aliphatic carbocycles. The number of nitrogens with zero attached hydrogens (tertiary/aromatic N) is 6. The van der Waals surface area contributed by atoms with Crippen LogP contribution < -0.4 is 15.4 Å². The number of nitrogens with one attached hydrogen (secondary N) is 2. The molecule has 3 aromatic heterocycles. The monoisotopic (exact) mass is 530 g/mol. The third-order valence-electron chi connectivity index (χ3n) is 6.55. The Morgan fingerprint density at radius 3 is 2.76 bits per heavy atom. The Balaban J connectivity index is 1.43. The molecule has 0 spiro atoms. The molecule has 196 valence electrons. The molecule has 1 aliphatic rings. The van der Waals surface area contributed by atoms with Crippen LogP contribution in [0.15, 0.2) is 65.3 Å². The number of anilines is 3. The second-order valence-corrected chi connectivity index (χ2v) is 10.2. The zero-order valence-electron chi connectivity index (χ0n) is 21.6. The van der Waals surface area contributed by atoms with Crippen molar-refractivity contribution in [3.05, 3.63) is 66.5 Å². The first-order valence-electron chi connectivity index (χ1n) is 12.4. The lowest BCUT2D eigenvalue weighted by Crippen LogP contribution is -2.29. The molecule has 4 aromatic rings. The Kier molecular flexibility index (Phi) is 7.57. The Hall–Kier alpha value is -3.96. The summed E-state index contributed by atoms with van der Waals surface area (Å²) in [4.78, 5) is 29.2. The lowest BCUT2D eigenvalue weighted by atomic mass is 9.88. The number of aryl methyl sites for hydroxylation is 1. The van der Waals surface area contributed by atoms with E-state index in [1.54, 1.807) is 17.8 Å². The average Bonchev–Trinajstić information content (AvgIpc) is 3.39. The standard InChI is InChI=1S/C27H30N8O2S/c1-5-24(36)30-19-7-6-8-20(15-19)38-27-33-26(31-23-9-12-28-35(23)27)32-25-22(37-4)16-21(17(2)29-25)18-10-13-34(3)14-11-18/h5-9,12,15-16,18H,1,10-11,13-14H2,2-4H3,(H,30,36)(H,29,31,32). The van der Waals surface area contributed by atoms with Gasteiger partial charge in [-0.1, -0.05) is 12.6 Å². The van der Waals surface area contributed by atoms with Gasteiger partial charge in [0.25, 0.3) is 0 Å². The fourth-order valence-corrected chi connectivity index (χ4v) is 5.45. The van der Waals surface area contributed by atoms with Crippen molar-refractivity contribution in [1.82, 2.24) is 29.5 Å². The van der Waals surface area contributed by atoms with Crippen LogP contribution in [0.4, 0.5) is 17.5 Å². The Morgan fingerprint density at radius 1 is 1.18 bits per heavy atom. The lowest BCUT2D eigenvalue weighted by molar-refractivity contribution is -0.111. The van der Waals surface area contributed by atoms with Crippen LogP contribution in [-0.2, 0) is 4.79 Å². The molecular weight excluding hydrogens is 500 g/mol. The van der Waals surface area contributed by atoms with E-state index in [0.29, 0.717) is 39.9 Å². The van der Waals surface area contributed by atoms with Crippen molar-refractivity contribution in [2.24, 2.45) is 0 Å². The number of ether oxygens (including phenoxy) is 1. The van der Waals surface area contributed by atoms with Crippen molar-refractivity contribution < 1.29 is 9.53 Å². The van der Waals surface area contributed by atoms with Gasteiger partial charge >= 0.3 is 0 Å². The van der Waals surface area contributed by atoms with E-state index in [1.807, 2.05) is 37.3 Å². The molecule has 0 saturated carbocycles. The van der Waals surface area contributed by atoms with Crippen molar-refractivity contribution in [2.45, 2.75) is 35.7 Å². The summed E-state index contributed by atoms with van der Waals surface area (Å²) in [6.07, 6.45) is 5.13. The SMILES string of the molecule is C=CC(=O)Nc1cccc(Sc2nc(Nc3nc(C)c(C4CCN(C)CC4)cc3OC)nc3ccnn23)c1. The van der Waals surface area contributed by atoms with Crippen molar-refractivity contribution in [3.8, 4) is 5.75 Å². The fourth-order valence-electron chi connectivity index (χ4n) is 4.54. The highest BCUT2D eigenvalue weighted by molar-refractivity contribution is 7.99. The zero-order valence-corrected chi connectivity index (χ0v) is 22.5. The van der Waals surface area contributed by atoms with E-state index >= 15 is 0 Å². The predicted molar refractivity (Wildman–Crippen MR) is 148 cm³/mol. The van der Waals surface area contributed by atoms with Gasteiger partial charge in [-0.05, 0) is 93.5 Å². The maximum Gasteiger partial charge on any atom is 0.247 e. The number of hydrogen-bond acceptors (Lipinski definition) is 9. The van der Waals surface area contributed by atoms with Gasteiger partial charge in [0.2, 0.25) is 11.9 Å². The highest BCUT2D eigenvalue weighted by atomic mass is 32.2. The number of carbonyl (C=O) groups is 1. The topological polar surface area (TPSA) is 110 Å². The largest absolute Gasteiger partial charge is 0.493 e. The third-order valence-corrected chi connectivity index (χ3v) is 7.48. The summed E-state index contributed by atoms with van der Waals surface area (Å²) in [5.41, 5.74) is 3.51. The molecule has 1 aliphatic heterocycles. The molecule has 38 heavy (non-hydrogen) atoms. The number of carbonyl (C=O) groups excluding carboxylic acids is 1. The molecule has 4 heterocycles. The van der Waals surface area contributed by atoms with Crippen molar-refractivity contribution in [1.29, 1.82) is 0 Å². The minimum atomic E-state index is -0.270. The van der Waals surface area contributed by atoms with Crippen LogP contribution >= 0.6 is 11.8 Å². The van der Waals surface area contributed by atoms with E-state index in [0.717, 1.165) is 36.5 Å². The van der Waals surface area contributed by atoms with E-state index in [9.17, 15) is 4.79 Å². The summed E-state index contributed by atoms with van der Waals surface area (Å²) in [7, 11) is 3.81. The van der Waals surface area contributed by atoms with E-state index in [1.165, 1.54) is 23.4 Å². The maximum atomic E-state index is 11.7. The molecule has 1 aromatic carbocycles. The molecule has 0 bridgehead atoms. The molecule has 1 amide bonds. The first-order chi connectivity index (χ1) is 18.4. The molecule has 1 fully saturated rings.